The van der Waals surface area contributed by atoms with Crippen LogP contribution in [0.2, 0.25) is 0 Å². The molecule has 0 aliphatic rings. The lowest BCUT2D eigenvalue weighted by atomic mass is 10.1. The molecule has 22 heavy (non-hydrogen) atoms. The Bertz CT molecular complexity index is 825. The van der Waals surface area contributed by atoms with Gasteiger partial charge in [0.05, 0.1) is 10.4 Å². The lowest BCUT2D eigenvalue weighted by molar-refractivity contribution is -0.125. The maximum atomic E-state index is 13.6. The second kappa shape index (κ2) is 5.46. The van der Waals surface area contributed by atoms with Gasteiger partial charge in [-0.05, 0) is 36.9 Å². The Morgan fingerprint density at radius 3 is 2.73 bits per heavy atom. The number of carbonyl (C=O) groups excluding carboxylic acids is 1. The molecule has 0 aliphatic carbocycles. The van der Waals surface area contributed by atoms with Gasteiger partial charge < -0.3 is 5.32 Å². The molecule has 2 aromatic heterocycles. The van der Waals surface area contributed by atoms with E-state index in [-0.39, 0.29) is 0 Å². The van der Waals surface area contributed by atoms with Crippen molar-refractivity contribution < 1.29 is 9.18 Å². The minimum absolute atomic E-state index is 0.338. The van der Waals surface area contributed by atoms with Crippen molar-refractivity contribution in [1.82, 2.24) is 9.97 Å². The quantitative estimate of drug-likeness (QED) is 0.793. The summed E-state index contributed by atoms with van der Waals surface area (Å²) in [4.78, 5) is 21.0. The Morgan fingerprint density at radius 1 is 1.23 bits per heavy atom. The number of pyridine rings is 1. The second-order valence-corrected chi connectivity index (χ2v) is 6.31. The van der Waals surface area contributed by atoms with Gasteiger partial charge in [0.1, 0.15) is 5.82 Å². The van der Waals surface area contributed by atoms with E-state index in [4.69, 9.17) is 0 Å². The molecule has 0 unspecified atom stereocenters. The summed E-state index contributed by atoms with van der Waals surface area (Å²) in [5.74, 6) is -0.373. The normalized spacial score (nSPS) is 11.6. The van der Waals surface area contributed by atoms with Crippen molar-refractivity contribution in [3.8, 4) is 10.4 Å². The van der Waals surface area contributed by atoms with Crippen molar-refractivity contribution in [2.75, 3.05) is 5.32 Å². The average molecular weight is 315 g/mol. The fourth-order valence-corrected chi connectivity index (χ4v) is 2.61. The Hall–Kier alpha value is -2.34. The highest BCUT2D eigenvalue weighted by Gasteiger charge is 2.26. The van der Waals surface area contributed by atoms with Crippen LogP contribution in [0.1, 0.15) is 13.8 Å². The first-order chi connectivity index (χ1) is 10.4. The lowest BCUT2D eigenvalue weighted by Gasteiger charge is -2.13. The van der Waals surface area contributed by atoms with E-state index < -0.39 is 11.6 Å². The first-order valence-electron chi connectivity index (χ1n) is 6.72. The zero-order valence-corrected chi connectivity index (χ0v) is 12.9. The molecule has 3 rings (SSSR count). The van der Waals surface area contributed by atoms with Crippen molar-refractivity contribution in [1.29, 1.82) is 0 Å². The van der Waals surface area contributed by atoms with Gasteiger partial charge in [-0.1, -0.05) is 12.1 Å². The molecule has 0 saturated carbocycles. The molecule has 1 N–H and O–H groups in total. The predicted octanol–water partition coefficient (Wildman–Crippen LogP) is 4.04. The van der Waals surface area contributed by atoms with Crippen LogP contribution in [0.3, 0.4) is 0 Å². The van der Waals surface area contributed by atoms with E-state index in [0.717, 1.165) is 21.2 Å². The van der Waals surface area contributed by atoms with Crippen molar-refractivity contribution in [3.63, 3.8) is 0 Å². The molecule has 1 amide bonds. The van der Waals surface area contributed by atoms with Gasteiger partial charge in [0, 0.05) is 17.8 Å². The first kappa shape index (κ1) is 14.6. The summed E-state index contributed by atoms with van der Waals surface area (Å²) >= 11 is 1.56. The van der Waals surface area contributed by atoms with Crippen molar-refractivity contribution in [2.45, 2.75) is 19.5 Å². The molecule has 0 radical (unpaired) electrons. The van der Waals surface area contributed by atoms with Crippen LogP contribution < -0.4 is 5.32 Å². The maximum absolute atomic E-state index is 13.6. The lowest BCUT2D eigenvalue weighted by Crippen LogP contribution is -2.32. The molecular weight excluding hydrogens is 301 g/mol. The van der Waals surface area contributed by atoms with Gasteiger partial charge in [-0.25, -0.2) is 9.37 Å². The summed E-state index contributed by atoms with van der Waals surface area (Å²) in [5, 5.41) is 4.37. The summed E-state index contributed by atoms with van der Waals surface area (Å²) in [7, 11) is 0. The molecule has 0 atom stereocenters. The van der Waals surface area contributed by atoms with Crippen LogP contribution in [-0.4, -0.2) is 21.5 Å². The number of halogens is 1. The van der Waals surface area contributed by atoms with Crippen LogP contribution in [-0.2, 0) is 4.79 Å². The number of hydrogen-bond acceptors (Lipinski definition) is 4. The second-order valence-electron chi connectivity index (χ2n) is 5.42. The van der Waals surface area contributed by atoms with Gasteiger partial charge >= 0.3 is 0 Å². The minimum Gasteiger partial charge on any atom is -0.308 e. The third-order valence-corrected chi connectivity index (χ3v) is 4.04. The summed E-state index contributed by atoms with van der Waals surface area (Å²) in [6.45, 7) is 2.43. The number of nitrogens with one attached hydrogen (secondary N) is 1. The number of thiazole rings is 1. The predicted molar refractivity (Wildman–Crippen MR) is 86.7 cm³/mol. The van der Waals surface area contributed by atoms with E-state index >= 15 is 0 Å². The molecule has 6 heteroatoms. The first-order valence-corrected chi connectivity index (χ1v) is 7.60. The van der Waals surface area contributed by atoms with E-state index in [1.165, 1.54) is 13.8 Å². The third-order valence-electron chi connectivity index (χ3n) is 3.22. The van der Waals surface area contributed by atoms with E-state index in [9.17, 15) is 9.18 Å². The van der Waals surface area contributed by atoms with E-state index in [1.54, 1.807) is 35.3 Å². The van der Waals surface area contributed by atoms with E-state index in [2.05, 4.69) is 15.3 Å². The third kappa shape index (κ3) is 2.96. The number of benzene rings is 1. The standard InChI is InChI=1S/C16H14FN3OS/c1-16(2,17)15(21)20-14-6-12-5-10(13-8-18-9-22-13)3-4-11(12)7-19-14/h3-9H,1-2H3,(H,19,20,21). The average Bonchev–Trinajstić information content (AvgIpc) is 2.99. The van der Waals surface area contributed by atoms with Crippen LogP contribution in [0.25, 0.3) is 21.2 Å². The van der Waals surface area contributed by atoms with Gasteiger partial charge in [-0.15, -0.1) is 11.3 Å². The number of amides is 1. The highest BCUT2D eigenvalue weighted by atomic mass is 32.1. The van der Waals surface area contributed by atoms with Gasteiger partial charge in [0.15, 0.2) is 5.67 Å². The maximum Gasteiger partial charge on any atom is 0.262 e. The van der Waals surface area contributed by atoms with Crippen LogP contribution in [0, 0.1) is 0 Å². The summed E-state index contributed by atoms with van der Waals surface area (Å²) < 4.78 is 13.6. The largest absolute Gasteiger partial charge is 0.308 e. The number of alkyl halides is 1. The molecule has 112 valence electrons. The Kier molecular flexibility index (Phi) is 3.62. The van der Waals surface area contributed by atoms with Gasteiger partial charge in [-0.2, -0.15) is 0 Å². The summed E-state index contributed by atoms with van der Waals surface area (Å²) in [6, 6.07) is 7.70. The molecule has 4 nitrogen and oxygen atoms in total. The number of nitrogens with zero attached hydrogens (tertiary/aromatic N) is 2. The molecule has 1 aromatic carbocycles. The molecule has 0 aliphatic heterocycles. The zero-order chi connectivity index (χ0) is 15.7. The highest BCUT2D eigenvalue weighted by Crippen LogP contribution is 2.27. The molecule has 0 spiro atoms. The van der Waals surface area contributed by atoms with E-state index in [0.29, 0.717) is 5.82 Å². The minimum atomic E-state index is -1.94. The fourth-order valence-electron chi connectivity index (χ4n) is 1.99. The van der Waals surface area contributed by atoms with Crippen LogP contribution in [0.4, 0.5) is 10.2 Å². The van der Waals surface area contributed by atoms with Gasteiger partial charge in [0.25, 0.3) is 5.91 Å². The number of fused-ring (bicyclic) bond motifs is 1. The van der Waals surface area contributed by atoms with E-state index in [1.807, 2.05) is 18.2 Å². The Balaban J connectivity index is 1.96. The summed E-state index contributed by atoms with van der Waals surface area (Å²) in [6.07, 6.45) is 3.47. The fraction of sp³-hybridized carbons (Fsp3) is 0.188. The molecule has 2 heterocycles. The molecule has 3 aromatic rings. The van der Waals surface area contributed by atoms with Gasteiger partial charge in [-0.3, -0.25) is 9.78 Å². The topological polar surface area (TPSA) is 54.9 Å². The number of aromatic nitrogens is 2. The number of rotatable bonds is 3. The monoisotopic (exact) mass is 315 g/mol. The number of anilines is 1. The van der Waals surface area contributed by atoms with Crippen LogP contribution in [0.5, 0.6) is 0 Å². The van der Waals surface area contributed by atoms with Crippen molar-refractivity contribution >= 4 is 33.8 Å². The van der Waals surface area contributed by atoms with Crippen LogP contribution >= 0.6 is 11.3 Å². The summed E-state index contributed by atoms with van der Waals surface area (Å²) in [5.41, 5.74) is 0.881. The molecule has 0 bridgehead atoms. The highest BCUT2D eigenvalue weighted by molar-refractivity contribution is 7.13. The molecule has 0 saturated heterocycles. The number of hydrogen-bond donors (Lipinski definition) is 1. The Labute approximate surface area is 131 Å². The van der Waals surface area contributed by atoms with Crippen molar-refractivity contribution in [2.24, 2.45) is 0 Å². The smallest absolute Gasteiger partial charge is 0.262 e. The van der Waals surface area contributed by atoms with Crippen molar-refractivity contribution in [3.05, 3.63) is 42.2 Å². The number of carbonyl (C=O) groups is 1. The van der Waals surface area contributed by atoms with Gasteiger partial charge in [0.2, 0.25) is 0 Å². The Morgan fingerprint density at radius 2 is 2.05 bits per heavy atom. The molecule has 0 fully saturated rings. The molecular formula is C16H14FN3OS. The zero-order valence-electron chi connectivity index (χ0n) is 12.1. The SMILES string of the molecule is CC(C)(F)C(=O)Nc1cc2cc(-c3cncs3)ccc2cn1. The van der Waals surface area contributed by atoms with Crippen LogP contribution in [0.15, 0.2) is 42.2 Å².